The zero-order valence-corrected chi connectivity index (χ0v) is 7.93. The van der Waals surface area contributed by atoms with Crippen molar-refractivity contribution in [2.24, 2.45) is 0 Å². The maximum atomic E-state index is 11.2. The van der Waals surface area contributed by atoms with Crippen LogP contribution in [0.25, 0.3) is 0 Å². The van der Waals surface area contributed by atoms with Gasteiger partial charge in [-0.3, -0.25) is 4.79 Å². The number of nitrogens with one attached hydrogen (secondary N) is 1. The molecule has 0 saturated carbocycles. The molecule has 0 fully saturated rings. The van der Waals surface area contributed by atoms with Crippen LogP contribution in [0.2, 0.25) is 0 Å². The normalized spacial score (nSPS) is 10.7. The molecule has 4 nitrogen and oxygen atoms in total. The number of hydrogen-bond acceptors (Lipinski definition) is 3. The zero-order chi connectivity index (χ0) is 9.78. The molecule has 4 heteroatoms. The van der Waals surface area contributed by atoms with Crippen molar-refractivity contribution >= 4 is 11.9 Å². The first kappa shape index (κ1) is 10.9. The van der Waals surface area contributed by atoms with Gasteiger partial charge in [0.1, 0.15) is 5.54 Å². The van der Waals surface area contributed by atoms with Crippen LogP contribution in [0.1, 0.15) is 27.7 Å². The smallest absolute Gasteiger partial charge is 0.331 e. The summed E-state index contributed by atoms with van der Waals surface area (Å²) in [5.74, 6) is -0.659. The molecular formula is C8H15NO3. The molecule has 12 heavy (non-hydrogen) atoms. The molecule has 0 heterocycles. The molecule has 0 aliphatic rings. The molecule has 0 aliphatic carbocycles. The van der Waals surface area contributed by atoms with Gasteiger partial charge in [-0.15, -0.1) is 0 Å². The molecule has 0 atom stereocenters. The number of ether oxygens (including phenoxy) is 1. The van der Waals surface area contributed by atoms with Crippen LogP contribution in [-0.4, -0.2) is 24.0 Å². The molecule has 0 aromatic rings. The van der Waals surface area contributed by atoms with E-state index in [0.717, 1.165) is 0 Å². The van der Waals surface area contributed by atoms with E-state index in [1.165, 1.54) is 6.92 Å². The Bertz CT molecular complexity index is 187. The standard InChI is InChI=1S/C8H15NO3/c1-5-12-7(11)8(3,4)9-6(2)10/h5H2,1-4H3,(H,9,10). The fourth-order valence-electron chi connectivity index (χ4n) is 0.803. The fraction of sp³-hybridized carbons (Fsp3) is 0.750. The van der Waals surface area contributed by atoms with E-state index in [2.05, 4.69) is 5.32 Å². The number of carbonyl (C=O) groups excluding carboxylic acids is 2. The molecule has 0 aromatic carbocycles. The molecule has 0 rings (SSSR count). The Morgan fingerprint density at radius 3 is 2.25 bits per heavy atom. The summed E-state index contributed by atoms with van der Waals surface area (Å²) in [6.45, 7) is 6.61. The molecule has 0 aromatic heterocycles. The van der Waals surface area contributed by atoms with Crippen LogP contribution in [0.5, 0.6) is 0 Å². The quantitative estimate of drug-likeness (QED) is 0.631. The van der Waals surface area contributed by atoms with Gasteiger partial charge in [0.05, 0.1) is 6.61 Å². The summed E-state index contributed by atoms with van der Waals surface area (Å²) in [5.41, 5.74) is -0.929. The van der Waals surface area contributed by atoms with Gasteiger partial charge >= 0.3 is 5.97 Å². The summed E-state index contributed by atoms with van der Waals surface area (Å²) in [6, 6.07) is 0. The Morgan fingerprint density at radius 2 is 1.92 bits per heavy atom. The topological polar surface area (TPSA) is 55.4 Å². The maximum Gasteiger partial charge on any atom is 0.331 e. The van der Waals surface area contributed by atoms with Gasteiger partial charge in [-0.25, -0.2) is 4.79 Å². The number of esters is 1. The first-order valence-corrected chi connectivity index (χ1v) is 3.86. The van der Waals surface area contributed by atoms with Crippen molar-refractivity contribution in [3.8, 4) is 0 Å². The number of rotatable bonds is 3. The van der Waals surface area contributed by atoms with E-state index < -0.39 is 11.5 Å². The zero-order valence-electron chi connectivity index (χ0n) is 7.93. The summed E-state index contributed by atoms with van der Waals surface area (Å²) in [6.07, 6.45) is 0. The van der Waals surface area contributed by atoms with Crippen molar-refractivity contribution in [2.45, 2.75) is 33.2 Å². The van der Waals surface area contributed by atoms with Crippen LogP contribution in [-0.2, 0) is 14.3 Å². The Hall–Kier alpha value is -1.06. The Morgan fingerprint density at radius 1 is 1.42 bits per heavy atom. The monoisotopic (exact) mass is 173 g/mol. The minimum Gasteiger partial charge on any atom is -0.464 e. The van der Waals surface area contributed by atoms with Crippen molar-refractivity contribution in [1.29, 1.82) is 0 Å². The third-order valence-corrected chi connectivity index (χ3v) is 1.27. The van der Waals surface area contributed by atoms with Gasteiger partial charge in [-0.1, -0.05) is 0 Å². The van der Waals surface area contributed by atoms with E-state index in [0.29, 0.717) is 6.61 Å². The van der Waals surface area contributed by atoms with Gasteiger partial charge in [0.2, 0.25) is 5.91 Å². The summed E-state index contributed by atoms with van der Waals surface area (Å²) in [7, 11) is 0. The molecule has 0 spiro atoms. The van der Waals surface area contributed by atoms with E-state index in [1.54, 1.807) is 20.8 Å². The lowest BCUT2D eigenvalue weighted by molar-refractivity contribution is -0.151. The van der Waals surface area contributed by atoms with Gasteiger partial charge in [0, 0.05) is 6.92 Å². The largest absolute Gasteiger partial charge is 0.464 e. The lowest BCUT2D eigenvalue weighted by atomic mass is 10.1. The van der Waals surface area contributed by atoms with E-state index in [9.17, 15) is 9.59 Å². The molecular weight excluding hydrogens is 158 g/mol. The summed E-state index contributed by atoms with van der Waals surface area (Å²) < 4.78 is 4.75. The highest BCUT2D eigenvalue weighted by Crippen LogP contribution is 2.04. The lowest BCUT2D eigenvalue weighted by Gasteiger charge is -2.22. The van der Waals surface area contributed by atoms with Crippen LogP contribution in [0.3, 0.4) is 0 Å². The van der Waals surface area contributed by atoms with Gasteiger partial charge < -0.3 is 10.1 Å². The molecule has 1 amide bonds. The average molecular weight is 173 g/mol. The van der Waals surface area contributed by atoms with Crippen molar-refractivity contribution < 1.29 is 14.3 Å². The molecule has 70 valence electrons. The summed E-state index contributed by atoms with van der Waals surface area (Å²) >= 11 is 0. The first-order valence-electron chi connectivity index (χ1n) is 3.86. The third-order valence-electron chi connectivity index (χ3n) is 1.27. The highest BCUT2D eigenvalue weighted by molar-refractivity contribution is 5.86. The average Bonchev–Trinajstić information content (AvgIpc) is 1.85. The maximum absolute atomic E-state index is 11.2. The van der Waals surface area contributed by atoms with Crippen LogP contribution in [0, 0.1) is 0 Å². The van der Waals surface area contributed by atoms with E-state index in [4.69, 9.17) is 4.74 Å². The minimum absolute atomic E-state index is 0.243. The van der Waals surface area contributed by atoms with Crippen molar-refractivity contribution in [1.82, 2.24) is 5.32 Å². The van der Waals surface area contributed by atoms with Crippen LogP contribution >= 0.6 is 0 Å². The Balaban J connectivity index is 4.18. The van der Waals surface area contributed by atoms with E-state index in [-0.39, 0.29) is 5.91 Å². The van der Waals surface area contributed by atoms with Crippen LogP contribution < -0.4 is 5.32 Å². The molecule has 0 bridgehead atoms. The Kier molecular flexibility index (Phi) is 3.73. The van der Waals surface area contributed by atoms with Crippen LogP contribution in [0.15, 0.2) is 0 Å². The molecule has 0 saturated heterocycles. The molecule has 0 unspecified atom stereocenters. The predicted octanol–water partition coefficient (Wildman–Crippen LogP) is 0.464. The second-order valence-corrected chi connectivity index (χ2v) is 3.03. The fourth-order valence-corrected chi connectivity index (χ4v) is 0.803. The van der Waals surface area contributed by atoms with Gasteiger partial charge in [0.25, 0.3) is 0 Å². The summed E-state index contributed by atoms with van der Waals surface area (Å²) in [4.78, 5) is 21.8. The Labute approximate surface area is 72.3 Å². The van der Waals surface area contributed by atoms with Crippen molar-refractivity contribution in [3.63, 3.8) is 0 Å². The number of carbonyl (C=O) groups is 2. The third kappa shape index (κ3) is 3.37. The van der Waals surface area contributed by atoms with E-state index >= 15 is 0 Å². The second kappa shape index (κ2) is 4.09. The molecule has 0 aliphatic heterocycles. The molecule has 1 N–H and O–H groups in total. The highest BCUT2D eigenvalue weighted by Gasteiger charge is 2.29. The number of hydrogen-bond donors (Lipinski definition) is 1. The van der Waals surface area contributed by atoms with Crippen molar-refractivity contribution in [3.05, 3.63) is 0 Å². The summed E-state index contributed by atoms with van der Waals surface area (Å²) in [5, 5.41) is 2.49. The van der Waals surface area contributed by atoms with Gasteiger partial charge in [-0.05, 0) is 20.8 Å². The van der Waals surface area contributed by atoms with Gasteiger partial charge in [-0.2, -0.15) is 0 Å². The predicted molar refractivity (Wildman–Crippen MR) is 44.5 cm³/mol. The first-order chi connectivity index (χ1) is 5.40. The van der Waals surface area contributed by atoms with Gasteiger partial charge in [0.15, 0.2) is 0 Å². The highest BCUT2D eigenvalue weighted by atomic mass is 16.5. The number of amides is 1. The second-order valence-electron chi connectivity index (χ2n) is 3.03. The van der Waals surface area contributed by atoms with Crippen LogP contribution in [0.4, 0.5) is 0 Å². The van der Waals surface area contributed by atoms with Crippen molar-refractivity contribution in [2.75, 3.05) is 6.61 Å². The SMILES string of the molecule is CCOC(=O)C(C)(C)NC(C)=O. The lowest BCUT2D eigenvalue weighted by Crippen LogP contribution is -2.49. The minimum atomic E-state index is -0.929. The molecule has 0 radical (unpaired) electrons. The van der Waals surface area contributed by atoms with E-state index in [1.807, 2.05) is 0 Å².